The van der Waals surface area contributed by atoms with Crippen molar-refractivity contribution in [1.29, 1.82) is 0 Å². The molecule has 0 aliphatic carbocycles. The Balaban J connectivity index is 2.02. The molecule has 128 valence electrons. The van der Waals surface area contributed by atoms with E-state index in [0.29, 0.717) is 24.1 Å². The van der Waals surface area contributed by atoms with Crippen molar-refractivity contribution in [2.24, 2.45) is 0 Å². The van der Waals surface area contributed by atoms with Gasteiger partial charge < -0.3 is 9.47 Å². The lowest BCUT2D eigenvalue weighted by Crippen LogP contribution is -2.07. The second-order valence-electron chi connectivity index (χ2n) is 4.91. The zero-order valence-electron chi connectivity index (χ0n) is 13.8. The second kappa shape index (κ2) is 9.67. The number of aromatic nitrogens is 2. The topological polar surface area (TPSA) is 73.3 Å². The number of amides is 1. The number of nitrogens with one attached hydrogen (secondary N) is 1. The van der Waals surface area contributed by atoms with E-state index in [1.165, 1.54) is 17.4 Å². The number of hydrogen-bond donors (Lipinski definition) is 1. The molecule has 0 unspecified atom stereocenters. The van der Waals surface area contributed by atoms with Crippen LogP contribution < -0.4 is 14.8 Å². The van der Waals surface area contributed by atoms with Crippen molar-refractivity contribution in [3.05, 3.63) is 35.3 Å². The molecule has 6 nitrogen and oxygen atoms in total. The lowest BCUT2D eigenvalue weighted by Gasteiger charge is -2.12. The highest BCUT2D eigenvalue weighted by Gasteiger charge is 2.06. The van der Waals surface area contributed by atoms with Crippen molar-refractivity contribution >= 4 is 28.5 Å². The van der Waals surface area contributed by atoms with Crippen LogP contribution in [0.25, 0.3) is 6.08 Å². The van der Waals surface area contributed by atoms with Gasteiger partial charge in [-0.3, -0.25) is 10.1 Å². The van der Waals surface area contributed by atoms with Gasteiger partial charge in [-0.1, -0.05) is 30.7 Å². The molecule has 0 aliphatic rings. The van der Waals surface area contributed by atoms with Gasteiger partial charge in [-0.15, -0.1) is 10.2 Å². The lowest BCUT2D eigenvalue weighted by atomic mass is 10.2. The molecule has 7 heteroatoms. The first kappa shape index (κ1) is 17.9. The van der Waals surface area contributed by atoms with Crippen molar-refractivity contribution in [2.75, 3.05) is 18.5 Å². The number of carbonyl (C=O) groups is 1. The summed E-state index contributed by atoms with van der Waals surface area (Å²) in [6, 6.07) is 5.61. The van der Waals surface area contributed by atoms with Crippen molar-refractivity contribution in [1.82, 2.24) is 10.2 Å². The number of ether oxygens (including phenoxy) is 2. The molecule has 1 aromatic carbocycles. The van der Waals surface area contributed by atoms with Crippen LogP contribution in [0, 0.1) is 0 Å². The summed E-state index contributed by atoms with van der Waals surface area (Å²) < 4.78 is 11.4. The Bertz CT molecular complexity index is 672. The van der Waals surface area contributed by atoms with Crippen molar-refractivity contribution in [2.45, 2.75) is 26.7 Å². The summed E-state index contributed by atoms with van der Waals surface area (Å²) >= 11 is 1.27. The van der Waals surface area contributed by atoms with Crippen LogP contribution in [0.3, 0.4) is 0 Å². The normalized spacial score (nSPS) is 10.8. The van der Waals surface area contributed by atoms with Crippen LogP contribution in [-0.4, -0.2) is 29.3 Å². The van der Waals surface area contributed by atoms with Gasteiger partial charge >= 0.3 is 0 Å². The first-order valence-corrected chi connectivity index (χ1v) is 8.75. The smallest absolute Gasteiger partial charge is 0.250 e. The minimum absolute atomic E-state index is 0.256. The fraction of sp³-hybridized carbons (Fsp3) is 0.353. The molecule has 0 bridgehead atoms. The maximum atomic E-state index is 11.8. The predicted molar refractivity (Wildman–Crippen MR) is 95.6 cm³/mol. The van der Waals surface area contributed by atoms with Crippen LogP contribution in [0.4, 0.5) is 5.13 Å². The van der Waals surface area contributed by atoms with E-state index in [1.807, 2.05) is 25.1 Å². The average Bonchev–Trinajstić information content (AvgIpc) is 3.08. The standard InChI is InChI=1S/C17H21N3O3S/c1-3-5-10-23-14-8-6-13(11-15(14)22-4-2)7-9-16(21)19-17-20-18-12-24-17/h6-9,11-12H,3-5,10H2,1-2H3,(H,19,20,21)/b9-7+. The van der Waals surface area contributed by atoms with E-state index in [2.05, 4.69) is 22.4 Å². The summed E-state index contributed by atoms with van der Waals surface area (Å²) in [5.41, 5.74) is 2.42. The molecular formula is C17H21N3O3S. The molecule has 0 radical (unpaired) electrons. The monoisotopic (exact) mass is 347 g/mol. The highest BCUT2D eigenvalue weighted by Crippen LogP contribution is 2.29. The number of carbonyl (C=O) groups excluding carboxylic acids is 1. The minimum atomic E-state index is -0.256. The molecule has 2 rings (SSSR count). The molecule has 1 N–H and O–H groups in total. The highest BCUT2D eigenvalue weighted by atomic mass is 32.1. The quantitative estimate of drug-likeness (QED) is 0.552. The molecule has 2 aromatic rings. The highest BCUT2D eigenvalue weighted by molar-refractivity contribution is 7.13. The van der Waals surface area contributed by atoms with Gasteiger partial charge in [0.05, 0.1) is 13.2 Å². The molecule has 1 amide bonds. The van der Waals surface area contributed by atoms with Gasteiger partial charge in [0.15, 0.2) is 11.5 Å². The van der Waals surface area contributed by atoms with Gasteiger partial charge in [0.2, 0.25) is 11.0 Å². The first-order chi connectivity index (χ1) is 11.7. The van der Waals surface area contributed by atoms with Crippen LogP contribution in [0.15, 0.2) is 29.8 Å². The van der Waals surface area contributed by atoms with Gasteiger partial charge in [-0.05, 0) is 37.1 Å². The number of nitrogens with zero attached hydrogens (tertiary/aromatic N) is 2. The first-order valence-electron chi connectivity index (χ1n) is 7.87. The number of benzene rings is 1. The summed E-state index contributed by atoms with van der Waals surface area (Å²) in [7, 11) is 0. The zero-order chi connectivity index (χ0) is 17.2. The molecule has 1 heterocycles. The Labute approximate surface area is 145 Å². The molecule has 0 spiro atoms. The second-order valence-corrected chi connectivity index (χ2v) is 5.74. The fourth-order valence-corrected chi connectivity index (χ4v) is 2.34. The summed E-state index contributed by atoms with van der Waals surface area (Å²) in [4.78, 5) is 11.8. The molecular weight excluding hydrogens is 326 g/mol. The van der Waals surface area contributed by atoms with Crippen LogP contribution in [0.1, 0.15) is 32.3 Å². The fourth-order valence-electron chi connectivity index (χ4n) is 1.89. The largest absolute Gasteiger partial charge is 0.490 e. The van der Waals surface area contributed by atoms with Gasteiger partial charge in [-0.2, -0.15) is 0 Å². The average molecular weight is 347 g/mol. The van der Waals surface area contributed by atoms with Crippen LogP contribution >= 0.6 is 11.3 Å². The third-order valence-corrected chi connectivity index (χ3v) is 3.65. The Morgan fingerprint density at radius 1 is 1.29 bits per heavy atom. The van der Waals surface area contributed by atoms with E-state index in [1.54, 1.807) is 11.6 Å². The SMILES string of the molecule is CCCCOc1ccc(/C=C/C(=O)Nc2nncs2)cc1OCC. The summed E-state index contributed by atoms with van der Waals surface area (Å²) in [5, 5.41) is 10.5. The maximum Gasteiger partial charge on any atom is 0.250 e. The Hall–Kier alpha value is -2.41. The number of rotatable bonds is 9. The van der Waals surface area contributed by atoms with Gasteiger partial charge in [0.25, 0.3) is 0 Å². The third kappa shape index (κ3) is 5.66. The third-order valence-electron chi connectivity index (χ3n) is 3.04. The van der Waals surface area contributed by atoms with Crippen molar-refractivity contribution in [3.8, 4) is 11.5 Å². The Kier molecular flexibility index (Phi) is 7.22. The molecule has 0 fully saturated rings. The summed E-state index contributed by atoms with van der Waals surface area (Å²) in [6.07, 6.45) is 5.24. The van der Waals surface area contributed by atoms with E-state index >= 15 is 0 Å². The Morgan fingerprint density at radius 2 is 2.17 bits per heavy atom. The minimum Gasteiger partial charge on any atom is -0.490 e. The molecule has 24 heavy (non-hydrogen) atoms. The number of unbranched alkanes of at least 4 members (excludes halogenated alkanes) is 1. The van der Waals surface area contributed by atoms with Gasteiger partial charge in [0.1, 0.15) is 5.51 Å². The van der Waals surface area contributed by atoms with Crippen LogP contribution in [0.2, 0.25) is 0 Å². The van der Waals surface area contributed by atoms with Crippen molar-refractivity contribution < 1.29 is 14.3 Å². The van der Waals surface area contributed by atoms with Crippen LogP contribution in [-0.2, 0) is 4.79 Å². The Morgan fingerprint density at radius 3 is 2.88 bits per heavy atom. The van der Waals surface area contributed by atoms with Gasteiger partial charge in [0, 0.05) is 6.08 Å². The van der Waals surface area contributed by atoms with E-state index in [0.717, 1.165) is 24.2 Å². The molecule has 0 saturated heterocycles. The summed E-state index contributed by atoms with van der Waals surface area (Å²) in [6.45, 7) is 5.26. The van der Waals surface area contributed by atoms with E-state index in [4.69, 9.17) is 9.47 Å². The molecule has 0 saturated carbocycles. The molecule has 0 aliphatic heterocycles. The predicted octanol–water partition coefficient (Wildman–Crippen LogP) is 3.77. The van der Waals surface area contributed by atoms with Gasteiger partial charge in [-0.25, -0.2) is 0 Å². The van der Waals surface area contributed by atoms with E-state index < -0.39 is 0 Å². The van der Waals surface area contributed by atoms with E-state index in [9.17, 15) is 4.79 Å². The zero-order valence-corrected chi connectivity index (χ0v) is 14.6. The van der Waals surface area contributed by atoms with Crippen molar-refractivity contribution in [3.63, 3.8) is 0 Å². The molecule has 0 atom stereocenters. The lowest BCUT2D eigenvalue weighted by molar-refractivity contribution is -0.111. The molecule has 1 aromatic heterocycles. The maximum absolute atomic E-state index is 11.8. The number of anilines is 1. The van der Waals surface area contributed by atoms with Crippen LogP contribution in [0.5, 0.6) is 11.5 Å². The summed E-state index contributed by atoms with van der Waals surface area (Å²) in [5.74, 6) is 1.15. The van der Waals surface area contributed by atoms with E-state index in [-0.39, 0.29) is 5.91 Å². The number of hydrogen-bond acceptors (Lipinski definition) is 6.